The molecule has 6 heteroatoms. The Labute approximate surface area is 138 Å². The monoisotopic (exact) mass is 328 g/mol. The van der Waals surface area contributed by atoms with Crippen molar-refractivity contribution in [1.29, 1.82) is 0 Å². The van der Waals surface area contributed by atoms with Gasteiger partial charge in [-0.05, 0) is 18.2 Å². The fourth-order valence-electron chi connectivity index (χ4n) is 3.59. The van der Waals surface area contributed by atoms with Crippen LogP contribution in [0.1, 0.15) is 23.1 Å². The summed E-state index contributed by atoms with van der Waals surface area (Å²) >= 11 is 0. The summed E-state index contributed by atoms with van der Waals surface area (Å²) in [5.74, 6) is 3.60. The minimum atomic E-state index is -0.448. The van der Waals surface area contributed by atoms with Crippen molar-refractivity contribution in [3.8, 4) is 28.7 Å². The van der Waals surface area contributed by atoms with Gasteiger partial charge in [-0.3, -0.25) is 0 Å². The van der Waals surface area contributed by atoms with Crippen LogP contribution in [-0.4, -0.2) is 27.3 Å². The molecule has 0 radical (unpaired) electrons. The second kappa shape index (κ2) is 4.95. The van der Waals surface area contributed by atoms with Crippen molar-refractivity contribution in [2.75, 3.05) is 21.0 Å². The summed E-state index contributed by atoms with van der Waals surface area (Å²) in [6, 6.07) is 9.59. The van der Waals surface area contributed by atoms with E-state index >= 15 is 0 Å². The maximum Gasteiger partial charge on any atom is 0.231 e. The molecule has 0 fully saturated rings. The van der Waals surface area contributed by atoms with Crippen LogP contribution >= 0.6 is 0 Å². The molecule has 0 N–H and O–H groups in total. The SMILES string of the molecule is COc1ccc2c(c1)O[C@@H](OC)[C@H]1c3cc4c(cc3O[C@@H]21)OCO4. The minimum Gasteiger partial charge on any atom is -0.497 e. The van der Waals surface area contributed by atoms with Crippen LogP contribution < -0.4 is 23.7 Å². The zero-order chi connectivity index (χ0) is 16.3. The fraction of sp³-hybridized carbons (Fsp3) is 0.333. The van der Waals surface area contributed by atoms with Crippen molar-refractivity contribution in [1.82, 2.24) is 0 Å². The zero-order valence-electron chi connectivity index (χ0n) is 13.3. The molecule has 0 saturated carbocycles. The Morgan fingerprint density at radius 1 is 0.875 bits per heavy atom. The molecular weight excluding hydrogens is 312 g/mol. The largest absolute Gasteiger partial charge is 0.497 e. The molecule has 3 aliphatic heterocycles. The van der Waals surface area contributed by atoms with Crippen LogP contribution in [0.25, 0.3) is 0 Å². The highest BCUT2D eigenvalue weighted by Gasteiger charge is 2.47. The standard InChI is InChI=1S/C18H16O6/c1-19-9-3-4-10-12(5-9)24-18(20-2)16-11-6-14-15(22-8-21-14)7-13(11)23-17(10)16/h3-7,16-18H,8H2,1-2H3/t16-,17-,18+/m0/s1. The van der Waals surface area contributed by atoms with E-state index in [-0.39, 0.29) is 18.8 Å². The Balaban J connectivity index is 1.62. The molecule has 3 heterocycles. The first-order valence-electron chi connectivity index (χ1n) is 7.76. The van der Waals surface area contributed by atoms with Gasteiger partial charge in [0.2, 0.25) is 13.1 Å². The first-order chi connectivity index (χ1) is 11.8. The number of fused-ring (bicyclic) bond motifs is 6. The molecule has 24 heavy (non-hydrogen) atoms. The van der Waals surface area contributed by atoms with Gasteiger partial charge in [0.05, 0.1) is 13.0 Å². The van der Waals surface area contributed by atoms with Crippen molar-refractivity contribution in [2.24, 2.45) is 0 Å². The summed E-state index contributed by atoms with van der Waals surface area (Å²) in [5.41, 5.74) is 1.99. The van der Waals surface area contributed by atoms with E-state index in [1.54, 1.807) is 14.2 Å². The third kappa shape index (κ3) is 1.80. The molecule has 0 spiro atoms. The fourth-order valence-corrected chi connectivity index (χ4v) is 3.59. The predicted octanol–water partition coefficient (Wildman–Crippen LogP) is 3.01. The molecule has 0 saturated heterocycles. The molecule has 3 atom stereocenters. The Morgan fingerprint density at radius 2 is 1.67 bits per heavy atom. The summed E-state index contributed by atoms with van der Waals surface area (Å²) in [5, 5.41) is 0. The maximum atomic E-state index is 6.23. The van der Waals surface area contributed by atoms with E-state index in [1.165, 1.54) is 0 Å². The molecule has 3 aliphatic rings. The molecule has 2 aromatic rings. The van der Waals surface area contributed by atoms with Gasteiger partial charge >= 0.3 is 0 Å². The normalized spacial score (nSPS) is 25.2. The smallest absolute Gasteiger partial charge is 0.231 e. The molecule has 0 amide bonds. The molecular formula is C18H16O6. The van der Waals surface area contributed by atoms with Gasteiger partial charge in [-0.15, -0.1) is 0 Å². The van der Waals surface area contributed by atoms with Crippen LogP contribution in [0.15, 0.2) is 30.3 Å². The highest BCUT2D eigenvalue weighted by molar-refractivity contribution is 5.58. The number of rotatable bonds is 2. The Hall–Kier alpha value is -2.60. The number of benzene rings is 2. The van der Waals surface area contributed by atoms with Crippen LogP contribution in [0.5, 0.6) is 28.7 Å². The van der Waals surface area contributed by atoms with E-state index in [1.807, 2.05) is 30.3 Å². The van der Waals surface area contributed by atoms with E-state index in [2.05, 4.69) is 0 Å². The Morgan fingerprint density at radius 3 is 2.46 bits per heavy atom. The lowest BCUT2D eigenvalue weighted by atomic mass is 9.88. The van der Waals surface area contributed by atoms with Gasteiger partial charge in [-0.2, -0.15) is 0 Å². The third-order valence-electron chi connectivity index (χ3n) is 4.74. The summed E-state index contributed by atoms with van der Waals surface area (Å²) in [6.45, 7) is 0.235. The second-order valence-electron chi connectivity index (χ2n) is 5.93. The quantitative estimate of drug-likeness (QED) is 0.845. The van der Waals surface area contributed by atoms with Gasteiger partial charge in [0.15, 0.2) is 11.5 Å². The molecule has 124 valence electrons. The zero-order valence-corrected chi connectivity index (χ0v) is 13.3. The van der Waals surface area contributed by atoms with Crippen molar-refractivity contribution >= 4 is 0 Å². The van der Waals surface area contributed by atoms with E-state index < -0.39 is 6.29 Å². The first kappa shape index (κ1) is 13.8. The van der Waals surface area contributed by atoms with Crippen molar-refractivity contribution < 1.29 is 28.4 Å². The maximum absolute atomic E-state index is 6.23. The lowest BCUT2D eigenvalue weighted by Gasteiger charge is -2.34. The van der Waals surface area contributed by atoms with Gasteiger partial charge in [-0.1, -0.05) is 0 Å². The molecule has 6 nitrogen and oxygen atoms in total. The average molecular weight is 328 g/mol. The number of methoxy groups -OCH3 is 2. The summed E-state index contributed by atoms with van der Waals surface area (Å²) in [7, 11) is 3.27. The van der Waals surface area contributed by atoms with Crippen LogP contribution in [-0.2, 0) is 4.74 Å². The van der Waals surface area contributed by atoms with Crippen molar-refractivity contribution in [3.63, 3.8) is 0 Å². The molecule has 0 unspecified atom stereocenters. The molecule has 5 rings (SSSR count). The van der Waals surface area contributed by atoms with Crippen LogP contribution in [0, 0.1) is 0 Å². The molecule has 0 bridgehead atoms. The van der Waals surface area contributed by atoms with Gasteiger partial charge in [-0.25, -0.2) is 0 Å². The van der Waals surface area contributed by atoms with E-state index in [9.17, 15) is 0 Å². The van der Waals surface area contributed by atoms with Crippen LogP contribution in [0.2, 0.25) is 0 Å². The Kier molecular flexibility index (Phi) is 2.84. The van der Waals surface area contributed by atoms with E-state index in [4.69, 9.17) is 28.4 Å². The van der Waals surface area contributed by atoms with Gasteiger partial charge in [0.25, 0.3) is 0 Å². The van der Waals surface area contributed by atoms with Crippen LogP contribution in [0.3, 0.4) is 0 Å². The third-order valence-corrected chi connectivity index (χ3v) is 4.74. The van der Waals surface area contributed by atoms with E-state index in [0.29, 0.717) is 5.75 Å². The van der Waals surface area contributed by atoms with E-state index in [0.717, 1.165) is 34.1 Å². The first-order valence-corrected chi connectivity index (χ1v) is 7.76. The summed E-state index contributed by atoms with van der Waals surface area (Å²) in [6.07, 6.45) is -0.627. The average Bonchev–Trinajstić information content (AvgIpc) is 3.22. The van der Waals surface area contributed by atoms with Gasteiger partial charge in [0, 0.05) is 30.4 Å². The van der Waals surface area contributed by atoms with Gasteiger partial charge in [0.1, 0.15) is 23.4 Å². The Bertz CT molecular complexity index is 817. The lowest BCUT2D eigenvalue weighted by Crippen LogP contribution is -2.34. The second-order valence-corrected chi connectivity index (χ2v) is 5.93. The van der Waals surface area contributed by atoms with Crippen LogP contribution in [0.4, 0.5) is 0 Å². The molecule has 0 aromatic heterocycles. The number of hydrogen-bond acceptors (Lipinski definition) is 6. The molecule has 0 aliphatic carbocycles. The number of ether oxygens (including phenoxy) is 6. The lowest BCUT2D eigenvalue weighted by molar-refractivity contribution is -0.0994. The summed E-state index contributed by atoms with van der Waals surface area (Å²) < 4.78 is 34.1. The number of hydrogen-bond donors (Lipinski definition) is 0. The summed E-state index contributed by atoms with van der Waals surface area (Å²) in [4.78, 5) is 0. The van der Waals surface area contributed by atoms with Crippen molar-refractivity contribution in [3.05, 3.63) is 41.5 Å². The molecule has 2 aromatic carbocycles. The minimum absolute atomic E-state index is 0.0691. The van der Waals surface area contributed by atoms with Crippen molar-refractivity contribution in [2.45, 2.75) is 18.3 Å². The highest BCUT2D eigenvalue weighted by atomic mass is 16.7. The van der Waals surface area contributed by atoms with Gasteiger partial charge < -0.3 is 28.4 Å². The topological polar surface area (TPSA) is 55.4 Å². The highest BCUT2D eigenvalue weighted by Crippen LogP contribution is 2.56. The predicted molar refractivity (Wildman–Crippen MR) is 83.1 cm³/mol.